The monoisotopic (exact) mass is 249 g/mol. The van der Waals surface area contributed by atoms with Crippen molar-refractivity contribution in [1.82, 2.24) is 5.32 Å². The van der Waals surface area contributed by atoms with Crippen molar-refractivity contribution in [2.45, 2.75) is 39.5 Å². The van der Waals surface area contributed by atoms with Crippen LogP contribution in [0, 0.1) is 6.92 Å². The van der Waals surface area contributed by atoms with Gasteiger partial charge in [-0.15, -0.1) is 0 Å². The van der Waals surface area contributed by atoms with E-state index in [1.54, 1.807) is 6.07 Å². The van der Waals surface area contributed by atoms with Crippen LogP contribution in [0.5, 0.6) is 0 Å². The molecule has 0 aromatic heterocycles. The Morgan fingerprint density at radius 2 is 2.06 bits per heavy atom. The molecule has 0 atom stereocenters. The number of unbranched alkanes of at least 4 members (excludes halogenated alkanes) is 3. The summed E-state index contributed by atoms with van der Waals surface area (Å²) in [6.45, 7) is 4.86. The Morgan fingerprint density at radius 3 is 2.72 bits per heavy atom. The Labute approximate surface area is 109 Å². The summed E-state index contributed by atoms with van der Waals surface area (Å²) in [7, 11) is 0. The third-order valence-corrected chi connectivity index (χ3v) is 2.89. The summed E-state index contributed by atoms with van der Waals surface area (Å²) in [5.41, 5.74) is 4.90. The molecule has 1 aromatic carbocycles. The lowest BCUT2D eigenvalue weighted by Gasteiger charge is -2.10. The molecule has 0 aliphatic carbocycles. The highest BCUT2D eigenvalue weighted by Crippen LogP contribution is 2.16. The SMILES string of the molecule is CCCCCCNC(=O)c1ccc(C)cc1NN. The van der Waals surface area contributed by atoms with Crippen LogP contribution in [-0.4, -0.2) is 12.5 Å². The minimum atomic E-state index is -0.0700. The molecule has 0 saturated carbocycles. The average molecular weight is 249 g/mol. The molecule has 0 fully saturated rings. The number of hydrazine groups is 1. The Kier molecular flexibility index (Phi) is 6.22. The van der Waals surface area contributed by atoms with E-state index in [1.807, 2.05) is 19.1 Å². The molecule has 0 spiro atoms. The van der Waals surface area contributed by atoms with Gasteiger partial charge in [-0.25, -0.2) is 0 Å². The molecule has 0 aliphatic heterocycles. The van der Waals surface area contributed by atoms with Crippen LogP contribution in [-0.2, 0) is 0 Å². The number of anilines is 1. The summed E-state index contributed by atoms with van der Waals surface area (Å²) in [6, 6.07) is 5.57. The largest absolute Gasteiger partial charge is 0.352 e. The van der Waals surface area contributed by atoms with E-state index in [1.165, 1.54) is 12.8 Å². The van der Waals surface area contributed by atoms with Gasteiger partial charge in [0.25, 0.3) is 5.91 Å². The summed E-state index contributed by atoms with van der Waals surface area (Å²) in [6.07, 6.45) is 4.60. The molecule has 4 nitrogen and oxygen atoms in total. The van der Waals surface area contributed by atoms with Crippen LogP contribution >= 0.6 is 0 Å². The fraction of sp³-hybridized carbons (Fsp3) is 0.500. The summed E-state index contributed by atoms with van der Waals surface area (Å²) in [4.78, 5) is 12.0. The number of hydrogen-bond acceptors (Lipinski definition) is 3. The first-order chi connectivity index (χ1) is 8.69. The van der Waals surface area contributed by atoms with E-state index in [0.717, 1.165) is 24.9 Å². The molecule has 0 saturated heterocycles. The third-order valence-electron chi connectivity index (χ3n) is 2.89. The van der Waals surface area contributed by atoms with Crippen molar-refractivity contribution in [2.24, 2.45) is 5.84 Å². The zero-order valence-electron chi connectivity index (χ0n) is 11.3. The van der Waals surface area contributed by atoms with Gasteiger partial charge in [0.05, 0.1) is 11.3 Å². The van der Waals surface area contributed by atoms with Crippen molar-refractivity contribution in [2.75, 3.05) is 12.0 Å². The van der Waals surface area contributed by atoms with Gasteiger partial charge in [0, 0.05) is 6.54 Å². The summed E-state index contributed by atoms with van der Waals surface area (Å²) in [5, 5.41) is 2.92. The highest BCUT2D eigenvalue weighted by molar-refractivity contribution is 5.99. The number of carbonyl (C=O) groups is 1. The first kappa shape index (κ1) is 14.5. The van der Waals surface area contributed by atoms with Crippen LogP contribution in [0.15, 0.2) is 18.2 Å². The predicted octanol–water partition coefficient (Wildman–Crippen LogP) is 2.59. The summed E-state index contributed by atoms with van der Waals surface area (Å²) < 4.78 is 0. The number of nitrogens with one attached hydrogen (secondary N) is 2. The van der Waals surface area contributed by atoms with E-state index < -0.39 is 0 Å². The average Bonchev–Trinajstić information content (AvgIpc) is 2.38. The second-order valence-corrected chi connectivity index (χ2v) is 4.51. The van der Waals surface area contributed by atoms with Crippen molar-refractivity contribution in [3.8, 4) is 0 Å². The molecule has 4 N–H and O–H groups in total. The number of amides is 1. The van der Waals surface area contributed by atoms with Crippen molar-refractivity contribution in [1.29, 1.82) is 0 Å². The molecule has 1 rings (SSSR count). The van der Waals surface area contributed by atoms with Gasteiger partial charge in [-0.1, -0.05) is 32.3 Å². The van der Waals surface area contributed by atoms with E-state index in [2.05, 4.69) is 17.7 Å². The molecule has 0 bridgehead atoms. The number of hydrogen-bond donors (Lipinski definition) is 3. The predicted molar refractivity (Wildman–Crippen MR) is 75.5 cm³/mol. The zero-order valence-corrected chi connectivity index (χ0v) is 11.3. The standard InChI is InChI=1S/C14H23N3O/c1-3-4-5-6-9-16-14(18)12-8-7-11(2)10-13(12)17-15/h7-8,10,17H,3-6,9,15H2,1-2H3,(H,16,18). The fourth-order valence-electron chi connectivity index (χ4n) is 1.82. The molecule has 4 heteroatoms. The molecule has 100 valence electrons. The van der Waals surface area contributed by atoms with Crippen molar-refractivity contribution < 1.29 is 4.79 Å². The molecule has 0 unspecified atom stereocenters. The topological polar surface area (TPSA) is 67.2 Å². The number of carbonyl (C=O) groups excluding carboxylic acids is 1. The Morgan fingerprint density at radius 1 is 1.28 bits per heavy atom. The maximum atomic E-state index is 12.0. The number of rotatable bonds is 7. The van der Waals surface area contributed by atoms with Gasteiger partial charge >= 0.3 is 0 Å². The molecule has 0 aliphatic rings. The quantitative estimate of drug-likeness (QED) is 0.395. The second-order valence-electron chi connectivity index (χ2n) is 4.51. The van der Waals surface area contributed by atoms with Gasteiger partial charge in [0.15, 0.2) is 0 Å². The normalized spacial score (nSPS) is 10.2. The lowest BCUT2D eigenvalue weighted by Crippen LogP contribution is -2.26. The molecular formula is C14H23N3O. The number of nitrogens with two attached hydrogens (primary N) is 1. The van der Waals surface area contributed by atoms with Crippen LogP contribution in [0.2, 0.25) is 0 Å². The maximum Gasteiger partial charge on any atom is 0.253 e. The van der Waals surface area contributed by atoms with Gasteiger partial charge in [0.1, 0.15) is 0 Å². The van der Waals surface area contributed by atoms with E-state index in [0.29, 0.717) is 11.3 Å². The van der Waals surface area contributed by atoms with Gasteiger partial charge in [0.2, 0.25) is 0 Å². The minimum absolute atomic E-state index is 0.0700. The van der Waals surface area contributed by atoms with Crippen molar-refractivity contribution in [3.63, 3.8) is 0 Å². The molecule has 0 radical (unpaired) electrons. The van der Waals surface area contributed by atoms with E-state index in [9.17, 15) is 4.79 Å². The highest BCUT2D eigenvalue weighted by Gasteiger charge is 2.09. The van der Waals surface area contributed by atoms with Crippen LogP contribution in [0.25, 0.3) is 0 Å². The molecule has 0 heterocycles. The summed E-state index contributed by atoms with van der Waals surface area (Å²) >= 11 is 0. The fourth-order valence-corrected chi connectivity index (χ4v) is 1.82. The van der Waals surface area contributed by atoms with E-state index in [4.69, 9.17) is 5.84 Å². The van der Waals surface area contributed by atoms with Gasteiger partial charge in [-0.2, -0.15) is 0 Å². The first-order valence-corrected chi connectivity index (χ1v) is 6.54. The Balaban J connectivity index is 2.51. The van der Waals surface area contributed by atoms with E-state index in [-0.39, 0.29) is 5.91 Å². The lowest BCUT2D eigenvalue weighted by atomic mass is 10.1. The molecule has 18 heavy (non-hydrogen) atoms. The number of benzene rings is 1. The maximum absolute atomic E-state index is 12.0. The van der Waals surface area contributed by atoms with Gasteiger partial charge in [-0.3, -0.25) is 10.6 Å². The Hall–Kier alpha value is -1.55. The molecule has 1 amide bonds. The van der Waals surface area contributed by atoms with Gasteiger partial charge in [-0.05, 0) is 31.0 Å². The lowest BCUT2D eigenvalue weighted by molar-refractivity contribution is 0.0953. The first-order valence-electron chi connectivity index (χ1n) is 6.54. The van der Waals surface area contributed by atoms with E-state index >= 15 is 0 Å². The summed E-state index contributed by atoms with van der Waals surface area (Å²) in [5.74, 6) is 5.35. The Bertz CT molecular complexity index is 391. The molecule has 1 aromatic rings. The minimum Gasteiger partial charge on any atom is -0.352 e. The van der Waals surface area contributed by atoms with Crippen LogP contribution in [0.1, 0.15) is 48.5 Å². The smallest absolute Gasteiger partial charge is 0.253 e. The van der Waals surface area contributed by atoms with Crippen LogP contribution in [0.4, 0.5) is 5.69 Å². The second kappa shape index (κ2) is 7.71. The third kappa shape index (κ3) is 4.37. The number of nitrogen functional groups attached to an aromatic ring is 1. The van der Waals surface area contributed by atoms with Gasteiger partial charge < -0.3 is 10.7 Å². The van der Waals surface area contributed by atoms with Crippen molar-refractivity contribution in [3.05, 3.63) is 29.3 Å². The molecular weight excluding hydrogens is 226 g/mol. The van der Waals surface area contributed by atoms with Crippen molar-refractivity contribution >= 4 is 11.6 Å². The number of aryl methyl sites for hydroxylation is 1. The van der Waals surface area contributed by atoms with Crippen LogP contribution < -0.4 is 16.6 Å². The highest BCUT2D eigenvalue weighted by atomic mass is 16.1. The zero-order chi connectivity index (χ0) is 13.4. The van der Waals surface area contributed by atoms with Crippen LogP contribution in [0.3, 0.4) is 0 Å².